The van der Waals surface area contributed by atoms with E-state index in [9.17, 15) is 14.0 Å². The first-order chi connectivity index (χ1) is 16.5. The zero-order valence-electron chi connectivity index (χ0n) is 18.2. The Morgan fingerprint density at radius 2 is 1.60 bits per heavy atom. The van der Waals surface area contributed by atoms with Crippen LogP contribution in [-0.4, -0.2) is 22.7 Å². The van der Waals surface area contributed by atoms with Gasteiger partial charge in [-0.1, -0.05) is 34.8 Å². The van der Waals surface area contributed by atoms with Gasteiger partial charge in [-0.2, -0.15) is 0 Å². The van der Waals surface area contributed by atoms with Gasteiger partial charge in [0.1, 0.15) is 10.2 Å². The van der Waals surface area contributed by atoms with E-state index >= 15 is 0 Å². The molecule has 1 N–H and O–H groups in total. The van der Waals surface area contributed by atoms with Crippen LogP contribution >= 0.6 is 58.0 Å². The van der Waals surface area contributed by atoms with Gasteiger partial charge in [0.25, 0.3) is 5.91 Å². The second kappa shape index (κ2) is 10.2. The molecule has 3 aromatic rings. The lowest BCUT2D eigenvalue weighted by molar-refractivity contribution is -0.117. The van der Waals surface area contributed by atoms with Crippen molar-refractivity contribution in [3.63, 3.8) is 0 Å². The third-order valence-corrected chi connectivity index (χ3v) is 7.45. The monoisotopic (exact) mass is 572 g/mol. The van der Waals surface area contributed by atoms with Gasteiger partial charge in [-0.3, -0.25) is 9.59 Å². The van der Waals surface area contributed by atoms with Crippen LogP contribution in [0.25, 0.3) is 0 Å². The number of anilines is 2. The maximum absolute atomic E-state index is 13.3. The molecule has 10 heteroatoms. The molecule has 1 fully saturated rings. The fraction of sp³-hybridized carbons (Fsp3) is 0.200. The highest BCUT2D eigenvalue weighted by atomic mass is 35.5. The van der Waals surface area contributed by atoms with Crippen molar-refractivity contribution >= 4 is 81.2 Å². The number of hydrogen-bond donors (Lipinski definition) is 1. The van der Waals surface area contributed by atoms with Crippen molar-refractivity contribution < 1.29 is 14.0 Å². The molecule has 35 heavy (non-hydrogen) atoms. The summed E-state index contributed by atoms with van der Waals surface area (Å²) >= 11 is 31.3. The summed E-state index contributed by atoms with van der Waals surface area (Å²) in [6.07, 6.45) is 0. The first-order valence-electron chi connectivity index (χ1n) is 10.5. The number of rotatable bonds is 6. The molecule has 0 bridgehead atoms. The van der Waals surface area contributed by atoms with Crippen molar-refractivity contribution in [3.05, 3.63) is 92.7 Å². The number of halogens is 6. The molecule has 0 radical (unpaired) electrons. The average molecular weight is 575 g/mol. The average Bonchev–Trinajstić information content (AvgIpc) is 3.38. The van der Waals surface area contributed by atoms with Gasteiger partial charge in [-0.15, -0.1) is 23.2 Å². The largest absolute Gasteiger partial charge is 0.326 e. The second-order valence-corrected chi connectivity index (χ2v) is 10.8. The van der Waals surface area contributed by atoms with Gasteiger partial charge in [-0.25, -0.2) is 4.39 Å². The smallest absolute Gasteiger partial charge is 0.259 e. The first kappa shape index (κ1) is 26.1. The maximum Gasteiger partial charge on any atom is 0.259 e. The van der Waals surface area contributed by atoms with Crippen molar-refractivity contribution in [2.75, 3.05) is 16.8 Å². The molecule has 0 spiro atoms. The number of alkyl halides is 2. The van der Waals surface area contributed by atoms with Gasteiger partial charge in [0.15, 0.2) is 0 Å². The minimum Gasteiger partial charge on any atom is -0.326 e. The summed E-state index contributed by atoms with van der Waals surface area (Å²) in [4.78, 5) is 27.7. The minimum atomic E-state index is -1.34. The molecule has 4 rings (SSSR count). The van der Waals surface area contributed by atoms with E-state index in [2.05, 4.69) is 5.32 Å². The second-order valence-electron chi connectivity index (χ2n) is 8.04. The zero-order valence-corrected chi connectivity index (χ0v) is 21.9. The Balaban J connectivity index is 1.55. The summed E-state index contributed by atoms with van der Waals surface area (Å²) in [7, 11) is 0. The highest BCUT2D eigenvalue weighted by Gasteiger charge is 2.67. The lowest BCUT2D eigenvalue weighted by Crippen LogP contribution is -2.31. The van der Waals surface area contributed by atoms with Crippen LogP contribution in [0.5, 0.6) is 0 Å². The topological polar surface area (TPSA) is 49.4 Å². The van der Waals surface area contributed by atoms with Crippen LogP contribution < -0.4 is 10.2 Å². The zero-order chi connectivity index (χ0) is 25.5. The predicted octanol–water partition coefficient (Wildman–Crippen LogP) is 7.98. The minimum absolute atomic E-state index is 0.174. The number of benzene rings is 3. The normalized spacial score (nSPS) is 18.1. The van der Waals surface area contributed by atoms with Gasteiger partial charge in [-0.05, 0) is 73.2 Å². The van der Waals surface area contributed by atoms with Crippen LogP contribution in [0.15, 0.2) is 60.7 Å². The number of nitrogens with one attached hydrogen (secondary N) is 1. The van der Waals surface area contributed by atoms with Crippen molar-refractivity contribution in [1.29, 1.82) is 0 Å². The number of hydrogen-bond acceptors (Lipinski definition) is 2. The third-order valence-electron chi connectivity index (χ3n) is 5.74. The molecule has 0 saturated heterocycles. The quantitative estimate of drug-likeness (QED) is 0.304. The standard InChI is InChI=1S/C25H18Cl5FN2O2/c1-2-33(18-6-3-16(31)4-7-18)24(35)19-12-17(5-8-20(19)28)32-23(34)22-21(25(22,29)30)13-9-14(26)11-15(27)10-13/h3-12,21-22H,2H2,1H3,(H,32,34)/t21-,22+/m1/s1. The Hall–Kier alpha value is -2.02. The maximum atomic E-state index is 13.3. The molecule has 2 amide bonds. The molecular weight excluding hydrogens is 557 g/mol. The van der Waals surface area contributed by atoms with Gasteiger partial charge < -0.3 is 10.2 Å². The summed E-state index contributed by atoms with van der Waals surface area (Å²) in [6, 6.07) is 15.0. The molecule has 1 aliphatic rings. The Morgan fingerprint density at radius 1 is 0.971 bits per heavy atom. The molecule has 4 nitrogen and oxygen atoms in total. The summed E-state index contributed by atoms with van der Waals surface area (Å²) in [5.74, 6) is -2.51. The Kier molecular flexibility index (Phi) is 7.56. The van der Waals surface area contributed by atoms with Gasteiger partial charge >= 0.3 is 0 Å². The van der Waals surface area contributed by atoms with E-state index in [-0.39, 0.29) is 10.6 Å². The van der Waals surface area contributed by atoms with Crippen LogP contribution in [0.3, 0.4) is 0 Å². The van der Waals surface area contributed by atoms with E-state index in [1.807, 2.05) is 0 Å². The SMILES string of the molecule is CCN(C(=O)c1cc(NC(=O)[C@@H]2[C@@H](c3cc(Cl)cc(Cl)c3)C2(Cl)Cl)ccc1Cl)c1ccc(F)cc1. The molecular formula is C25H18Cl5FN2O2. The van der Waals surface area contributed by atoms with E-state index in [4.69, 9.17) is 58.0 Å². The Morgan fingerprint density at radius 3 is 2.20 bits per heavy atom. The van der Waals surface area contributed by atoms with E-state index in [1.54, 1.807) is 31.2 Å². The summed E-state index contributed by atoms with van der Waals surface area (Å²) in [6.45, 7) is 2.11. The van der Waals surface area contributed by atoms with E-state index in [0.717, 1.165) is 0 Å². The molecule has 0 aromatic heterocycles. The number of nitrogens with zero attached hydrogens (tertiary/aromatic N) is 1. The van der Waals surface area contributed by atoms with Gasteiger partial charge in [0.05, 0.1) is 16.5 Å². The molecule has 2 atom stereocenters. The van der Waals surface area contributed by atoms with Crippen LogP contribution in [-0.2, 0) is 4.79 Å². The molecule has 182 valence electrons. The van der Waals surface area contributed by atoms with Crippen LogP contribution in [0.1, 0.15) is 28.8 Å². The fourth-order valence-corrected chi connectivity index (χ4v) is 5.59. The molecule has 3 aromatic carbocycles. The Labute approximate surface area is 226 Å². The van der Waals surface area contributed by atoms with Crippen LogP contribution in [0.4, 0.5) is 15.8 Å². The van der Waals surface area contributed by atoms with Crippen molar-refractivity contribution in [3.8, 4) is 0 Å². The van der Waals surface area contributed by atoms with Gasteiger partial charge in [0, 0.05) is 33.9 Å². The molecule has 0 heterocycles. The first-order valence-corrected chi connectivity index (χ1v) is 12.4. The summed E-state index contributed by atoms with van der Waals surface area (Å²) in [5, 5.41) is 3.78. The van der Waals surface area contributed by atoms with E-state index in [0.29, 0.717) is 33.5 Å². The van der Waals surface area contributed by atoms with Crippen LogP contribution in [0, 0.1) is 11.7 Å². The predicted molar refractivity (Wildman–Crippen MR) is 141 cm³/mol. The number of carbonyl (C=O) groups is 2. The summed E-state index contributed by atoms with van der Waals surface area (Å²) in [5.41, 5.74) is 1.68. The highest BCUT2D eigenvalue weighted by Crippen LogP contribution is 2.65. The molecule has 1 saturated carbocycles. The van der Waals surface area contributed by atoms with Crippen molar-refractivity contribution in [2.24, 2.45) is 5.92 Å². The van der Waals surface area contributed by atoms with Crippen molar-refractivity contribution in [2.45, 2.75) is 17.2 Å². The molecule has 0 unspecified atom stereocenters. The van der Waals surface area contributed by atoms with Crippen LogP contribution in [0.2, 0.25) is 15.1 Å². The molecule has 0 aliphatic heterocycles. The number of amides is 2. The Bertz CT molecular complexity index is 1280. The third kappa shape index (κ3) is 5.40. The van der Waals surface area contributed by atoms with Gasteiger partial charge in [0.2, 0.25) is 5.91 Å². The van der Waals surface area contributed by atoms with Crippen molar-refractivity contribution in [1.82, 2.24) is 0 Å². The number of carbonyl (C=O) groups excluding carboxylic acids is 2. The lowest BCUT2D eigenvalue weighted by atomic mass is 10.1. The fourth-order valence-electron chi connectivity index (χ4n) is 4.02. The lowest BCUT2D eigenvalue weighted by Gasteiger charge is -2.22. The highest BCUT2D eigenvalue weighted by molar-refractivity contribution is 6.53. The summed E-state index contributed by atoms with van der Waals surface area (Å²) < 4.78 is 12.0. The molecule has 1 aliphatic carbocycles. The van der Waals surface area contributed by atoms with E-state index < -0.39 is 33.8 Å². The van der Waals surface area contributed by atoms with E-state index in [1.165, 1.54) is 41.3 Å².